The Hall–Kier alpha value is -2.89. The molecule has 1 N–H and O–H groups in total. The minimum atomic E-state index is 0.438. The molecule has 0 amide bonds. The Labute approximate surface area is 194 Å². The van der Waals surface area contributed by atoms with Crippen molar-refractivity contribution in [1.29, 1.82) is 0 Å². The van der Waals surface area contributed by atoms with E-state index in [0.717, 1.165) is 43.1 Å². The zero-order valence-electron chi connectivity index (χ0n) is 18.4. The Morgan fingerprint density at radius 3 is 2.41 bits per heavy atom. The molecule has 1 fully saturated rings. The van der Waals surface area contributed by atoms with Crippen molar-refractivity contribution in [2.45, 2.75) is 20.1 Å². The molecule has 1 saturated heterocycles. The summed E-state index contributed by atoms with van der Waals surface area (Å²) in [6.07, 6.45) is 0. The zero-order valence-corrected chi connectivity index (χ0v) is 19.1. The monoisotopic (exact) mass is 452 g/mol. The molecule has 3 aromatic rings. The van der Waals surface area contributed by atoms with Crippen molar-refractivity contribution in [2.24, 2.45) is 0 Å². The number of benzene rings is 3. The van der Waals surface area contributed by atoms with Gasteiger partial charge in [0.15, 0.2) is 11.5 Å². The molecular formula is C26H29ClN2O3. The van der Waals surface area contributed by atoms with E-state index in [9.17, 15) is 0 Å². The maximum absolute atomic E-state index is 6.58. The molecule has 1 aliphatic rings. The van der Waals surface area contributed by atoms with Crippen molar-refractivity contribution in [3.63, 3.8) is 0 Å². The SMILES string of the molecule is CCOc1cc(CNc2ccc(N3CCOCC3)cc2)cc(Cl)c1OCc1ccccc1. The molecule has 0 radical (unpaired) electrons. The number of rotatable bonds is 9. The van der Waals surface area contributed by atoms with Gasteiger partial charge in [0.25, 0.3) is 0 Å². The van der Waals surface area contributed by atoms with Crippen molar-refractivity contribution in [1.82, 2.24) is 0 Å². The maximum atomic E-state index is 6.58. The largest absolute Gasteiger partial charge is 0.490 e. The van der Waals surface area contributed by atoms with Crippen molar-refractivity contribution in [3.8, 4) is 11.5 Å². The van der Waals surface area contributed by atoms with Crippen LogP contribution in [0.1, 0.15) is 18.1 Å². The molecule has 0 atom stereocenters. The molecule has 4 rings (SSSR count). The van der Waals surface area contributed by atoms with Gasteiger partial charge in [-0.3, -0.25) is 0 Å². The van der Waals surface area contributed by atoms with Gasteiger partial charge in [-0.05, 0) is 54.4 Å². The Bertz CT molecular complexity index is 990. The first-order valence-electron chi connectivity index (χ1n) is 11.0. The molecule has 0 aliphatic carbocycles. The molecule has 32 heavy (non-hydrogen) atoms. The zero-order chi connectivity index (χ0) is 22.2. The van der Waals surface area contributed by atoms with Gasteiger partial charge in [-0.1, -0.05) is 41.9 Å². The number of hydrogen-bond donors (Lipinski definition) is 1. The lowest BCUT2D eigenvalue weighted by Gasteiger charge is -2.29. The third-order valence-electron chi connectivity index (χ3n) is 5.34. The number of halogens is 1. The Kier molecular flexibility index (Phi) is 7.75. The Morgan fingerprint density at radius 2 is 1.69 bits per heavy atom. The van der Waals surface area contributed by atoms with E-state index in [1.807, 2.05) is 49.4 Å². The van der Waals surface area contributed by atoms with Crippen molar-refractivity contribution < 1.29 is 14.2 Å². The van der Waals surface area contributed by atoms with Crippen molar-refractivity contribution in [2.75, 3.05) is 43.1 Å². The van der Waals surface area contributed by atoms with Crippen LogP contribution < -0.4 is 19.7 Å². The van der Waals surface area contributed by atoms with Crippen LogP contribution in [0.15, 0.2) is 66.7 Å². The molecule has 5 nitrogen and oxygen atoms in total. The number of nitrogens with one attached hydrogen (secondary N) is 1. The van der Waals surface area contributed by atoms with E-state index in [1.165, 1.54) is 5.69 Å². The van der Waals surface area contributed by atoms with Crippen LogP contribution in [0.3, 0.4) is 0 Å². The second-order valence-electron chi connectivity index (χ2n) is 7.61. The lowest BCUT2D eigenvalue weighted by molar-refractivity contribution is 0.122. The van der Waals surface area contributed by atoms with E-state index in [4.69, 9.17) is 25.8 Å². The first-order valence-corrected chi connectivity index (χ1v) is 11.4. The molecule has 0 aromatic heterocycles. The summed E-state index contributed by atoms with van der Waals surface area (Å²) in [5.74, 6) is 1.24. The topological polar surface area (TPSA) is 43.0 Å². The average Bonchev–Trinajstić information content (AvgIpc) is 2.84. The standard InChI is InChI=1S/C26H29ClN2O3/c1-2-31-25-17-21(16-24(27)26(25)32-19-20-6-4-3-5-7-20)18-28-22-8-10-23(11-9-22)29-12-14-30-15-13-29/h3-11,16-17,28H,2,12-15,18-19H2,1H3. The fourth-order valence-corrected chi connectivity index (χ4v) is 3.96. The highest BCUT2D eigenvalue weighted by Gasteiger charge is 2.14. The van der Waals surface area contributed by atoms with Gasteiger partial charge >= 0.3 is 0 Å². The predicted molar refractivity (Wildman–Crippen MR) is 130 cm³/mol. The van der Waals surface area contributed by atoms with Gasteiger partial charge in [0, 0.05) is 31.0 Å². The number of anilines is 2. The molecular weight excluding hydrogens is 424 g/mol. The van der Waals surface area contributed by atoms with Gasteiger partial charge in [0.05, 0.1) is 24.8 Å². The average molecular weight is 453 g/mol. The number of hydrogen-bond acceptors (Lipinski definition) is 5. The van der Waals surface area contributed by atoms with Gasteiger partial charge < -0.3 is 24.4 Å². The highest BCUT2D eigenvalue weighted by molar-refractivity contribution is 6.32. The second kappa shape index (κ2) is 11.1. The summed E-state index contributed by atoms with van der Waals surface area (Å²) in [7, 11) is 0. The summed E-state index contributed by atoms with van der Waals surface area (Å²) >= 11 is 6.58. The third kappa shape index (κ3) is 5.87. The molecule has 0 bridgehead atoms. The van der Waals surface area contributed by atoms with Crippen LogP contribution in [0.2, 0.25) is 5.02 Å². The summed E-state index contributed by atoms with van der Waals surface area (Å²) in [6.45, 7) is 7.01. The van der Waals surface area contributed by atoms with Crippen molar-refractivity contribution in [3.05, 3.63) is 82.9 Å². The first-order chi connectivity index (χ1) is 15.7. The molecule has 1 aliphatic heterocycles. The summed E-state index contributed by atoms with van der Waals surface area (Å²) in [6, 6.07) is 22.4. The van der Waals surface area contributed by atoms with Gasteiger partial charge in [0.2, 0.25) is 0 Å². The third-order valence-corrected chi connectivity index (χ3v) is 5.62. The lowest BCUT2D eigenvalue weighted by Crippen LogP contribution is -2.36. The van der Waals surface area contributed by atoms with Gasteiger partial charge in [-0.15, -0.1) is 0 Å². The van der Waals surface area contributed by atoms with E-state index in [2.05, 4.69) is 34.5 Å². The minimum absolute atomic E-state index is 0.438. The number of nitrogens with zero attached hydrogens (tertiary/aromatic N) is 1. The molecule has 3 aromatic carbocycles. The molecule has 0 unspecified atom stereocenters. The van der Waals surface area contributed by atoms with E-state index >= 15 is 0 Å². The van der Waals surface area contributed by atoms with Crippen LogP contribution in [0.5, 0.6) is 11.5 Å². The Morgan fingerprint density at radius 1 is 0.938 bits per heavy atom. The lowest BCUT2D eigenvalue weighted by atomic mass is 10.2. The van der Waals surface area contributed by atoms with Crippen molar-refractivity contribution >= 4 is 23.0 Å². The van der Waals surface area contributed by atoms with Gasteiger partial charge in [0.1, 0.15) is 6.61 Å². The fraction of sp³-hybridized carbons (Fsp3) is 0.308. The van der Waals surface area contributed by atoms with Crippen LogP contribution in [0, 0.1) is 0 Å². The highest BCUT2D eigenvalue weighted by Crippen LogP contribution is 2.37. The molecule has 6 heteroatoms. The fourth-order valence-electron chi connectivity index (χ4n) is 3.67. The van der Waals surface area contributed by atoms with Crippen LogP contribution in [-0.4, -0.2) is 32.9 Å². The van der Waals surface area contributed by atoms with Crippen LogP contribution in [0.4, 0.5) is 11.4 Å². The van der Waals surface area contributed by atoms with Crippen LogP contribution in [-0.2, 0) is 17.9 Å². The quantitative estimate of drug-likeness (QED) is 0.446. The molecule has 0 spiro atoms. The van der Waals surface area contributed by atoms with E-state index in [-0.39, 0.29) is 0 Å². The van der Waals surface area contributed by atoms with E-state index in [1.54, 1.807) is 0 Å². The van der Waals surface area contributed by atoms with Crippen LogP contribution >= 0.6 is 11.6 Å². The first kappa shape index (κ1) is 22.3. The highest BCUT2D eigenvalue weighted by atomic mass is 35.5. The van der Waals surface area contributed by atoms with E-state index in [0.29, 0.717) is 36.3 Å². The number of ether oxygens (including phenoxy) is 3. The summed E-state index contributed by atoms with van der Waals surface area (Å²) in [5, 5.41) is 4.01. The summed E-state index contributed by atoms with van der Waals surface area (Å²) in [4.78, 5) is 2.34. The Balaban J connectivity index is 1.40. The van der Waals surface area contributed by atoms with E-state index < -0.39 is 0 Å². The summed E-state index contributed by atoms with van der Waals surface area (Å²) in [5.41, 5.74) is 4.39. The van der Waals surface area contributed by atoms with Gasteiger partial charge in [-0.25, -0.2) is 0 Å². The second-order valence-corrected chi connectivity index (χ2v) is 8.02. The molecule has 1 heterocycles. The predicted octanol–water partition coefficient (Wildman–Crippen LogP) is 5.77. The maximum Gasteiger partial charge on any atom is 0.180 e. The number of morpholine rings is 1. The molecule has 168 valence electrons. The normalized spacial score (nSPS) is 13.6. The van der Waals surface area contributed by atoms with Crippen LogP contribution in [0.25, 0.3) is 0 Å². The molecule has 0 saturated carbocycles. The van der Waals surface area contributed by atoms with Gasteiger partial charge in [-0.2, -0.15) is 0 Å². The smallest absolute Gasteiger partial charge is 0.180 e. The summed E-state index contributed by atoms with van der Waals surface area (Å²) < 4.78 is 17.3. The minimum Gasteiger partial charge on any atom is -0.490 e.